The normalized spacial score (nSPS) is 11.3. The van der Waals surface area contributed by atoms with Crippen molar-refractivity contribution < 1.29 is 23.5 Å². The van der Waals surface area contributed by atoms with Crippen LogP contribution in [0.25, 0.3) is 0 Å². The number of hydrogen-bond donors (Lipinski definition) is 1. The number of halogens is 2. The SMILES string of the molecule is Cc1nn(C(F)F)c(C)c1CC(=O)N(CCC(=O)O)CC(C)C. The van der Waals surface area contributed by atoms with Crippen LogP contribution in [0.2, 0.25) is 0 Å². The van der Waals surface area contributed by atoms with Crippen molar-refractivity contribution in [2.24, 2.45) is 5.92 Å². The average Bonchev–Trinajstić information content (AvgIpc) is 2.70. The molecule has 0 unspecified atom stereocenters. The molecule has 0 saturated carbocycles. The maximum Gasteiger partial charge on any atom is 0.333 e. The minimum Gasteiger partial charge on any atom is -0.481 e. The fourth-order valence-electron chi connectivity index (χ4n) is 2.40. The van der Waals surface area contributed by atoms with Crippen LogP contribution in [0, 0.1) is 19.8 Å². The van der Waals surface area contributed by atoms with E-state index >= 15 is 0 Å². The Hall–Kier alpha value is -1.99. The summed E-state index contributed by atoms with van der Waals surface area (Å²) in [7, 11) is 0. The Morgan fingerprint density at radius 1 is 1.30 bits per heavy atom. The molecule has 1 heterocycles. The summed E-state index contributed by atoms with van der Waals surface area (Å²) in [5.74, 6) is -1.08. The van der Waals surface area contributed by atoms with Gasteiger partial charge in [-0.05, 0) is 19.8 Å². The number of carboxylic acids is 1. The zero-order valence-electron chi connectivity index (χ0n) is 13.8. The van der Waals surface area contributed by atoms with E-state index in [0.29, 0.717) is 22.5 Å². The first-order chi connectivity index (χ1) is 10.6. The van der Waals surface area contributed by atoms with Crippen LogP contribution < -0.4 is 0 Å². The van der Waals surface area contributed by atoms with Crippen LogP contribution >= 0.6 is 0 Å². The van der Waals surface area contributed by atoms with Gasteiger partial charge in [0.25, 0.3) is 0 Å². The van der Waals surface area contributed by atoms with E-state index in [2.05, 4.69) is 5.10 Å². The fraction of sp³-hybridized carbons (Fsp3) is 0.667. The monoisotopic (exact) mass is 331 g/mol. The first kappa shape index (κ1) is 19.1. The highest BCUT2D eigenvalue weighted by atomic mass is 19.3. The van der Waals surface area contributed by atoms with Crippen LogP contribution in [-0.2, 0) is 16.0 Å². The molecule has 0 aliphatic heterocycles. The topological polar surface area (TPSA) is 75.4 Å². The molecule has 0 atom stereocenters. The summed E-state index contributed by atoms with van der Waals surface area (Å²) in [6.07, 6.45) is -0.205. The van der Waals surface area contributed by atoms with Crippen LogP contribution in [0.1, 0.15) is 43.8 Å². The van der Waals surface area contributed by atoms with Gasteiger partial charge >= 0.3 is 12.5 Å². The lowest BCUT2D eigenvalue weighted by molar-refractivity contribution is -0.138. The van der Waals surface area contributed by atoms with Crippen LogP contribution in [0.4, 0.5) is 8.78 Å². The first-order valence-electron chi connectivity index (χ1n) is 7.45. The van der Waals surface area contributed by atoms with Crippen LogP contribution in [0.3, 0.4) is 0 Å². The molecule has 1 N–H and O–H groups in total. The van der Waals surface area contributed by atoms with Gasteiger partial charge in [-0.1, -0.05) is 13.8 Å². The van der Waals surface area contributed by atoms with Crippen LogP contribution in [-0.4, -0.2) is 44.8 Å². The van der Waals surface area contributed by atoms with Gasteiger partial charge in [0.2, 0.25) is 5.91 Å². The second-order valence-corrected chi connectivity index (χ2v) is 5.93. The number of carbonyl (C=O) groups is 2. The molecule has 0 radical (unpaired) electrons. The Labute approximate surface area is 134 Å². The number of amides is 1. The Bertz CT molecular complexity index is 571. The number of aryl methyl sites for hydroxylation is 1. The van der Waals surface area contributed by atoms with Gasteiger partial charge in [-0.15, -0.1) is 0 Å². The molecular formula is C15H23F2N3O3. The Morgan fingerprint density at radius 3 is 2.35 bits per heavy atom. The van der Waals surface area contributed by atoms with Crippen molar-refractivity contribution in [1.29, 1.82) is 0 Å². The van der Waals surface area contributed by atoms with E-state index in [-0.39, 0.29) is 36.9 Å². The van der Waals surface area contributed by atoms with E-state index < -0.39 is 12.5 Å². The van der Waals surface area contributed by atoms with E-state index in [4.69, 9.17) is 5.11 Å². The van der Waals surface area contributed by atoms with Crippen molar-refractivity contribution in [3.63, 3.8) is 0 Å². The fourth-order valence-corrected chi connectivity index (χ4v) is 2.40. The van der Waals surface area contributed by atoms with Crippen LogP contribution in [0.5, 0.6) is 0 Å². The van der Waals surface area contributed by atoms with Gasteiger partial charge in [-0.25, -0.2) is 4.68 Å². The van der Waals surface area contributed by atoms with Crippen molar-refractivity contribution in [3.05, 3.63) is 17.0 Å². The van der Waals surface area contributed by atoms with Crippen LogP contribution in [0.15, 0.2) is 0 Å². The highest BCUT2D eigenvalue weighted by molar-refractivity contribution is 5.80. The van der Waals surface area contributed by atoms with Crippen molar-refractivity contribution in [2.75, 3.05) is 13.1 Å². The third kappa shape index (κ3) is 5.30. The maximum atomic E-state index is 12.8. The standard InChI is InChI=1S/C15H23F2N3O3/c1-9(2)8-19(6-5-14(22)23)13(21)7-12-10(3)18-20(11(12)4)15(16)17/h9,15H,5-8H2,1-4H3,(H,22,23). The highest BCUT2D eigenvalue weighted by Gasteiger charge is 2.22. The Morgan fingerprint density at radius 2 is 1.91 bits per heavy atom. The summed E-state index contributed by atoms with van der Waals surface area (Å²) >= 11 is 0. The summed E-state index contributed by atoms with van der Waals surface area (Å²) in [5, 5.41) is 12.5. The molecule has 0 fully saturated rings. The summed E-state index contributed by atoms with van der Waals surface area (Å²) in [4.78, 5) is 24.6. The average molecular weight is 331 g/mol. The van der Waals surface area contributed by atoms with E-state index in [1.807, 2.05) is 13.8 Å². The molecule has 0 aliphatic carbocycles. The van der Waals surface area contributed by atoms with Gasteiger partial charge in [-0.3, -0.25) is 9.59 Å². The summed E-state index contributed by atoms with van der Waals surface area (Å²) in [6.45, 7) is 4.70. The number of rotatable bonds is 8. The predicted molar refractivity (Wildman–Crippen MR) is 80.3 cm³/mol. The zero-order chi connectivity index (χ0) is 17.7. The van der Waals surface area contributed by atoms with Crippen molar-refractivity contribution in [3.8, 4) is 0 Å². The Balaban J connectivity index is 2.91. The van der Waals surface area contributed by atoms with Crippen molar-refractivity contribution in [2.45, 2.75) is 47.1 Å². The van der Waals surface area contributed by atoms with E-state index in [9.17, 15) is 18.4 Å². The van der Waals surface area contributed by atoms with Crippen molar-refractivity contribution >= 4 is 11.9 Å². The van der Waals surface area contributed by atoms with E-state index in [0.717, 1.165) is 0 Å². The number of aromatic nitrogens is 2. The molecule has 0 aromatic carbocycles. The number of nitrogens with zero attached hydrogens (tertiary/aromatic N) is 3. The first-order valence-corrected chi connectivity index (χ1v) is 7.45. The Kier molecular flexibility index (Phi) is 6.65. The maximum absolute atomic E-state index is 12.8. The third-order valence-electron chi connectivity index (χ3n) is 3.52. The second-order valence-electron chi connectivity index (χ2n) is 5.93. The molecule has 130 valence electrons. The van der Waals surface area contributed by atoms with Gasteiger partial charge in [0.1, 0.15) is 0 Å². The predicted octanol–water partition coefficient (Wildman–Crippen LogP) is 2.40. The summed E-state index contributed by atoms with van der Waals surface area (Å²) in [6, 6.07) is 0. The smallest absolute Gasteiger partial charge is 0.333 e. The summed E-state index contributed by atoms with van der Waals surface area (Å²) in [5.41, 5.74) is 1.12. The van der Waals surface area contributed by atoms with E-state index in [1.54, 1.807) is 6.92 Å². The number of aliphatic carboxylic acids is 1. The second kappa shape index (κ2) is 8.03. The molecule has 0 aliphatic rings. The van der Waals surface area contributed by atoms with Crippen molar-refractivity contribution in [1.82, 2.24) is 14.7 Å². The lowest BCUT2D eigenvalue weighted by Crippen LogP contribution is -2.37. The third-order valence-corrected chi connectivity index (χ3v) is 3.52. The molecule has 6 nitrogen and oxygen atoms in total. The van der Waals surface area contributed by atoms with Gasteiger partial charge in [-0.2, -0.15) is 13.9 Å². The number of hydrogen-bond acceptors (Lipinski definition) is 3. The van der Waals surface area contributed by atoms with Gasteiger partial charge in [0, 0.05) is 24.3 Å². The quantitative estimate of drug-likeness (QED) is 0.794. The minimum atomic E-state index is -2.75. The number of alkyl halides is 2. The molecule has 23 heavy (non-hydrogen) atoms. The molecule has 1 rings (SSSR count). The minimum absolute atomic E-state index is 0.0588. The molecule has 0 spiro atoms. The molecule has 8 heteroatoms. The molecule has 1 amide bonds. The lowest BCUT2D eigenvalue weighted by Gasteiger charge is -2.24. The number of carbonyl (C=O) groups excluding carboxylic acids is 1. The molecular weight excluding hydrogens is 308 g/mol. The lowest BCUT2D eigenvalue weighted by atomic mass is 10.1. The molecule has 0 saturated heterocycles. The summed E-state index contributed by atoms with van der Waals surface area (Å²) < 4.78 is 26.3. The molecule has 1 aromatic rings. The van der Waals surface area contributed by atoms with Gasteiger partial charge in [0.05, 0.1) is 18.5 Å². The van der Waals surface area contributed by atoms with Gasteiger partial charge in [0.15, 0.2) is 0 Å². The largest absolute Gasteiger partial charge is 0.481 e. The molecule has 1 aromatic heterocycles. The molecule has 0 bridgehead atoms. The van der Waals surface area contributed by atoms with Gasteiger partial charge < -0.3 is 10.0 Å². The van der Waals surface area contributed by atoms with E-state index in [1.165, 1.54) is 11.8 Å². The zero-order valence-corrected chi connectivity index (χ0v) is 13.8. The number of carboxylic acid groups (broad SMARTS) is 1. The highest BCUT2D eigenvalue weighted by Crippen LogP contribution is 2.20.